The fraction of sp³-hybridized carbons (Fsp3) is 0.541. The first-order valence-electron chi connectivity index (χ1n) is 36.1. The number of aliphatic hydroxyl groups excluding tert-OH is 2. The van der Waals surface area contributed by atoms with Crippen LogP contribution in [0, 0.1) is 74.0 Å². The van der Waals surface area contributed by atoms with Crippen molar-refractivity contribution in [3.8, 4) is 17.2 Å². The maximum Gasteiger partial charge on any atom is 0.323 e. The second kappa shape index (κ2) is 52.4. The van der Waals surface area contributed by atoms with Gasteiger partial charge in [0.1, 0.15) is 56.3 Å². The first kappa shape index (κ1) is 90.5. The second-order valence-corrected chi connectivity index (χ2v) is 29.5. The van der Waals surface area contributed by atoms with E-state index in [0.29, 0.717) is 62.4 Å². The molecule has 99 heavy (non-hydrogen) atoms. The maximum absolute atomic E-state index is 12.0. The highest BCUT2D eigenvalue weighted by atomic mass is 79.9. The Bertz CT molecular complexity index is 2880. The number of carbonyl (C=O) groups is 3. The van der Waals surface area contributed by atoms with E-state index in [4.69, 9.17) is 39.6 Å². The number of aliphatic hydroxyl groups is 2. The molecule has 6 aromatic carbocycles. The molecule has 0 saturated heterocycles. The van der Waals surface area contributed by atoms with Crippen LogP contribution in [-0.2, 0) is 63.5 Å². The van der Waals surface area contributed by atoms with E-state index in [1.807, 2.05) is 107 Å². The zero-order valence-corrected chi connectivity index (χ0v) is 65.5. The van der Waals surface area contributed by atoms with Gasteiger partial charge in [-0.3, -0.25) is 14.4 Å². The summed E-state index contributed by atoms with van der Waals surface area (Å²) in [6.45, 7) is 43.6. The third kappa shape index (κ3) is 43.7. The Morgan fingerprint density at radius 2 is 0.737 bits per heavy atom. The van der Waals surface area contributed by atoms with E-state index in [9.17, 15) is 19.5 Å². The van der Waals surface area contributed by atoms with Gasteiger partial charge in [0.25, 0.3) is 0 Å². The smallest absolute Gasteiger partial charge is 0.323 e. The van der Waals surface area contributed by atoms with Gasteiger partial charge >= 0.3 is 17.9 Å². The normalized spacial score (nSPS) is 13.2. The molecule has 0 bridgehead atoms. The van der Waals surface area contributed by atoms with E-state index in [1.165, 1.54) is 36.0 Å². The first-order chi connectivity index (χ1) is 46.9. The Hall–Kier alpha value is -6.55. The summed E-state index contributed by atoms with van der Waals surface area (Å²) in [7, 11) is 0. The highest BCUT2D eigenvalue weighted by molar-refractivity contribution is 9.09. The average molecular weight is 1430 g/mol. The lowest BCUT2D eigenvalue weighted by atomic mass is 9.93. The van der Waals surface area contributed by atoms with Crippen molar-refractivity contribution in [2.24, 2.45) is 59.0 Å². The number of nitrogens with two attached hydrogens (primary N) is 1. The number of hydrogen-bond acceptors (Lipinski definition) is 12. The molecule has 8 atom stereocenters. The molecule has 6 N–H and O–H groups in total. The molecule has 552 valence electrons. The summed E-state index contributed by atoms with van der Waals surface area (Å²) in [4.78, 5) is 34.7. The largest absolute Gasteiger partial charge is 0.489 e. The predicted octanol–water partition coefficient (Wildman–Crippen LogP) is 20.0. The van der Waals surface area contributed by atoms with E-state index in [-0.39, 0.29) is 49.6 Å². The van der Waals surface area contributed by atoms with Crippen LogP contribution in [0.2, 0.25) is 0 Å². The molecule has 0 saturated carbocycles. The average Bonchev–Trinajstić information content (AvgIpc) is 1.00. The number of benzene rings is 6. The minimum absolute atomic E-state index is 0.0582. The molecule has 13 nitrogen and oxygen atoms in total. The van der Waals surface area contributed by atoms with Crippen LogP contribution in [0.4, 0.5) is 0 Å². The summed E-state index contributed by atoms with van der Waals surface area (Å²) in [5.41, 5.74) is 15.7. The van der Waals surface area contributed by atoms with Crippen LogP contribution in [0.15, 0.2) is 146 Å². The Morgan fingerprint density at radius 1 is 0.414 bits per heavy atom. The lowest BCUT2D eigenvalue weighted by Gasteiger charge is -2.23. The van der Waals surface area contributed by atoms with Crippen molar-refractivity contribution in [3.63, 3.8) is 0 Å². The Balaban J connectivity index is 0.000000621. The molecular weight excluding hydrogens is 1300 g/mol. The van der Waals surface area contributed by atoms with Crippen LogP contribution in [0.25, 0.3) is 0 Å². The number of carboxylic acids is 1. The number of aliphatic carboxylic acids is 1. The van der Waals surface area contributed by atoms with Crippen LogP contribution in [0.5, 0.6) is 17.2 Å². The van der Waals surface area contributed by atoms with Crippen molar-refractivity contribution in [1.29, 1.82) is 0 Å². The molecule has 0 aliphatic heterocycles. The van der Waals surface area contributed by atoms with Gasteiger partial charge in [0.2, 0.25) is 0 Å². The minimum atomic E-state index is -0.691. The zero-order chi connectivity index (χ0) is 74.4. The van der Waals surface area contributed by atoms with Crippen molar-refractivity contribution in [3.05, 3.63) is 196 Å². The van der Waals surface area contributed by atoms with Crippen molar-refractivity contribution in [2.75, 3.05) is 13.2 Å². The number of carboxylic acid groups (broad SMARTS) is 1. The fourth-order valence-electron chi connectivity index (χ4n) is 9.79. The number of rotatable bonds is 34. The molecule has 0 heterocycles. The molecule has 0 amide bonds. The zero-order valence-electron chi connectivity index (χ0n) is 64.0. The summed E-state index contributed by atoms with van der Waals surface area (Å²) in [6.07, 6.45) is 7.07. The van der Waals surface area contributed by atoms with E-state index < -0.39 is 12.0 Å². The lowest BCUT2D eigenvalue weighted by Crippen LogP contribution is -2.37. The number of hydrogen-bond donors (Lipinski definition) is 5. The number of halogens is 1. The number of esters is 2. The number of alkyl halides is 1. The predicted molar refractivity (Wildman–Crippen MR) is 413 cm³/mol. The third-order valence-electron chi connectivity index (χ3n) is 16.8. The molecule has 0 fully saturated rings. The van der Waals surface area contributed by atoms with Gasteiger partial charge in [0, 0.05) is 10.9 Å². The maximum atomic E-state index is 12.0. The first-order valence-corrected chi connectivity index (χ1v) is 37.1. The van der Waals surface area contributed by atoms with E-state index in [0.717, 1.165) is 93.1 Å². The molecule has 14 heteroatoms. The van der Waals surface area contributed by atoms with Crippen LogP contribution < -0.4 is 25.3 Å². The quantitative estimate of drug-likeness (QED) is 0.0189. The molecule has 0 spiro atoms. The molecule has 0 radical (unpaired) electrons. The van der Waals surface area contributed by atoms with Crippen molar-refractivity contribution in [2.45, 2.75) is 233 Å². The number of aryl methyl sites for hydroxylation is 3. The van der Waals surface area contributed by atoms with Gasteiger partial charge in [-0.2, -0.15) is 0 Å². The monoisotopic (exact) mass is 1430 g/mol. The standard InChI is InChI=1S/C22H28O3.C21H27NO3.C15H16O2.C13H29NO.C7H15Br.C7H14O2/c1-16(2)13-18(4)22(23)25-15-20-9-11-21(12-10-20)24-14-19-7-5-17(3)6-8-19;1-15(2)12-20(22)21(23)25-14-18-8-10-19(11-9-18)24-13-17-6-4-16(3)5-7-17;1-12-2-4-14(5-3-12)11-17-15-8-6-13(10-16)7-9-15;1-6-11(4)12(5)8-14-13(9-15)7-10(2)3;1-4-6(3)7(8)5-2;1-5(2)4-6(3)7(8)9/h5-12,16,18H,13-15H2,1-4H3;4-11,15,20H,12-14,22H2,1-3H3;2-9,16H,10-11H2,1H3;10-15H,6-9H2,1-5H3;6-7H,4-5H2,1-3H3;5-6H,4H2,1-3H3,(H,8,9). The number of carbonyl (C=O) groups excluding carboxylic acids is 2. The minimum Gasteiger partial charge on any atom is -0.489 e. The van der Waals surface area contributed by atoms with E-state index >= 15 is 0 Å². The third-order valence-corrected chi connectivity index (χ3v) is 18.3. The van der Waals surface area contributed by atoms with Crippen molar-refractivity contribution in [1.82, 2.24) is 5.32 Å². The van der Waals surface area contributed by atoms with Gasteiger partial charge in [-0.1, -0.05) is 265 Å². The Kier molecular flexibility index (Phi) is 47.9. The van der Waals surface area contributed by atoms with Crippen LogP contribution in [-0.4, -0.2) is 63.3 Å². The molecule has 8 unspecified atom stereocenters. The summed E-state index contributed by atoms with van der Waals surface area (Å²) in [6, 6.07) is 47.3. The highest BCUT2D eigenvalue weighted by Crippen LogP contribution is 2.22. The molecular formula is C85H129BrN2O11. The van der Waals surface area contributed by atoms with Crippen molar-refractivity contribution < 1.29 is 53.4 Å². The Labute approximate surface area is 607 Å². The van der Waals surface area contributed by atoms with Gasteiger partial charge in [-0.15, -0.1) is 0 Å². The molecule has 0 aliphatic carbocycles. The Morgan fingerprint density at radius 3 is 1.03 bits per heavy atom. The van der Waals surface area contributed by atoms with Gasteiger partial charge < -0.3 is 50.1 Å². The van der Waals surface area contributed by atoms with Crippen LogP contribution in [0.3, 0.4) is 0 Å². The summed E-state index contributed by atoms with van der Waals surface area (Å²) >= 11 is 3.60. The topological polar surface area (TPSA) is 196 Å². The molecule has 6 rings (SSSR count). The second-order valence-electron chi connectivity index (χ2n) is 28.4. The number of nitrogens with one attached hydrogen (secondary N) is 1. The van der Waals surface area contributed by atoms with Gasteiger partial charge in [-0.05, 0) is 171 Å². The van der Waals surface area contributed by atoms with E-state index in [1.54, 1.807) is 6.92 Å². The van der Waals surface area contributed by atoms with Gasteiger partial charge in [0.15, 0.2) is 0 Å². The van der Waals surface area contributed by atoms with Gasteiger partial charge in [-0.25, -0.2) is 0 Å². The summed E-state index contributed by atoms with van der Waals surface area (Å²) in [5.74, 6) is 5.27. The van der Waals surface area contributed by atoms with E-state index in [2.05, 4.69) is 184 Å². The fourth-order valence-corrected chi connectivity index (χ4v) is 10.2. The van der Waals surface area contributed by atoms with Crippen molar-refractivity contribution >= 4 is 33.8 Å². The lowest BCUT2D eigenvalue weighted by molar-refractivity contribution is -0.150. The van der Waals surface area contributed by atoms with Gasteiger partial charge in [0.05, 0.1) is 25.0 Å². The van der Waals surface area contributed by atoms with Crippen LogP contribution >= 0.6 is 15.9 Å². The summed E-state index contributed by atoms with van der Waals surface area (Å²) in [5, 5.41) is 30.0. The SMILES string of the molecule is CC(C)CC(C)C(=O)O.CCC(C)C(Br)CC.CCC(C)C(C)CNC(CO)CC(C)C.Cc1ccc(COc2ccc(CO)cc2)cc1.Cc1ccc(COc2ccc(COC(=O)C(C)CC(C)C)cc2)cc1.Cc1ccc(COc2ccc(COC(=O)C(N)CC(C)C)cc2)cc1. The molecule has 6 aromatic rings. The number of ether oxygens (including phenoxy) is 5. The highest BCUT2D eigenvalue weighted by Gasteiger charge is 2.19. The van der Waals surface area contributed by atoms with Crippen LogP contribution in [0.1, 0.15) is 206 Å². The molecule has 0 aromatic heterocycles. The summed E-state index contributed by atoms with van der Waals surface area (Å²) < 4.78 is 27.9. The molecule has 0 aliphatic rings.